The number of aryl methyl sites for hydroxylation is 1. The average Bonchev–Trinajstić information content (AvgIpc) is 2.55. The lowest BCUT2D eigenvalue weighted by atomic mass is 9.98. The normalized spacial score (nSPS) is 16.5. The van der Waals surface area contributed by atoms with Crippen LogP contribution in [0, 0.1) is 0 Å². The van der Waals surface area contributed by atoms with E-state index in [0.717, 1.165) is 19.3 Å². The molecule has 0 saturated carbocycles. The molecule has 1 aliphatic rings. The number of phenolic OH excluding ortho intramolecular Hbond substituents is 1. The lowest BCUT2D eigenvalue weighted by Crippen LogP contribution is -2.55. The number of nitrogens with zero attached hydrogens (tertiary/aromatic N) is 1. The second-order valence-corrected chi connectivity index (χ2v) is 5.97. The maximum absolute atomic E-state index is 12.7. The fourth-order valence-electron chi connectivity index (χ4n) is 2.88. The summed E-state index contributed by atoms with van der Waals surface area (Å²) in [5.41, 5.74) is 1.12. The van der Waals surface area contributed by atoms with E-state index in [1.807, 2.05) is 0 Å². The van der Waals surface area contributed by atoms with Gasteiger partial charge >= 0.3 is 5.97 Å². The van der Waals surface area contributed by atoms with Crippen molar-refractivity contribution in [3.63, 3.8) is 0 Å². The van der Waals surface area contributed by atoms with Crippen molar-refractivity contribution in [3.8, 4) is 11.5 Å². The first-order valence-corrected chi connectivity index (χ1v) is 8.32. The van der Waals surface area contributed by atoms with Gasteiger partial charge in [-0.05, 0) is 37.0 Å². The summed E-state index contributed by atoms with van der Waals surface area (Å²) in [5, 5.41) is 10.3. The molecule has 0 radical (unpaired) electrons. The molecule has 6 heteroatoms. The van der Waals surface area contributed by atoms with E-state index in [9.17, 15) is 14.7 Å². The summed E-state index contributed by atoms with van der Waals surface area (Å²) in [6.45, 7) is 2.63. The van der Waals surface area contributed by atoms with Crippen molar-refractivity contribution >= 4 is 11.9 Å². The molecule has 1 aromatic rings. The molecule has 6 nitrogen and oxygen atoms in total. The number of carbonyl (C=O) groups is 2. The van der Waals surface area contributed by atoms with Crippen molar-refractivity contribution in [3.05, 3.63) is 23.3 Å². The molecule has 1 heterocycles. The molecule has 1 N–H and O–H groups in total. The summed E-state index contributed by atoms with van der Waals surface area (Å²) in [7, 11) is 2.78. The summed E-state index contributed by atoms with van der Waals surface area (Å²) in [5.74, 6) is -0.282. The fraction of sp³-hybridized carbons (Fsp3) is 0.556. The molecule has 1 atom stereocenters. The predicted molar refractivity (Wildman–Crippen MR) is 89.3 cm³/mol. The van der Waals surface area contributed by atoms with Crippen LogP contribution in [-0.2, 0) is 16.0 Å². The van der Waals surface area contributed by atoms with E-state index in [2.05, 4.69) is 6.92 Å². The maximum Gasteiger partial charge on any atom is 0.328 e. The predicted octanol–water partition coefficient (Wildman–Crippen LogP) is 2.52. The first-order chi connectivity index (χ1) is 11.5. The molecule has 1 aliphatic heterocycles. The number of unbranched alkanes of at least 4 members (excludes halogenated alkanes) is 2. The van der Waals surface area contributed by atoms with E-state index >= 15 is 0 Å². The van der Waals surface area contributed by atoms with E-state index in [-0.39, 0.29) is 17.4 Å². The van der Waals surface area contributed by atoms with Crippen LogP contribution in [0.25, 0.3) is 0 Å². The molecular weight excluding hydrogens is 310 g/mol. The summed E-state index contributed by atoms with van der Waals surface area (Å²) < 4.78 is 9.92. The van der Waals surface area contributed by atoms with Crippen molar-refractivity contribution in [2.45, 2.75) is 45.1 Å². The van der Waals surface area contributed by atoms with Crippen LogP contribution in [0.1, 0.15) is 48.5 Å². The minimum Gasteiger partial charge on any atom is -0.504 e. The number of methoxy groups -OCH3 is 2. The summed E-state index contributed by atoms with van der Waals surface area (Å²) in [6.07, 6.45) is 4.34. The first-order valence-electron chi connectivity index (χ1n) is 8.32. The van der Waals surface area contributed by atoms with Gasteiger partial charge in [-0.3, -0.25) is 4.79 Å². The van der Waals surface area contributed by atoms with E-state index in [4.69, 9.17) is 9.47 Å². The van der Waals surface area contributed by atoms with Gasteiger partial charge in [-0.25, -0.2) is 4.79 Å². The van der Waals surface area contributed by atoms with Crippen molar-refractivity contribution in [2.24, 2.45) is 0 Å². The van der Waals surface area contributed by atoms with Crippen LogP contribution in [0.5, 0.6) is 11.5 Å². The zero-order chi connectivity index (χ0) is 17.7. The topological polar surface area (TPSA) is 76.1 Å². The van der Waals surface area contributed by atoms with Gasteiger partial charge in [0.1, 0.15) is 6.04 Å². The fourth-order valence-corrected chi connectivity index (χ4v) is 2.88. The van der Waals surface area contributed by atoms with Gasteiger partial charge in [0.25, 0.3) is 5.91 Å². The van der Waals surface area contributed by atoms with Crippen LogP contribution in [0.3, 0.4) is 0 Å². The van der Waals surface area contributed by atoms with Gasteiger partial charge in [0.15, 0.2) is 11.5 Å². The van der Waals surface area contributed by atoms with Crippen LogP contribution in [-0.4, -0.2) is 48.7 Å². The highest BCUT2D eigenvalue weighted by molar-refractivity contribution is 5.98. The largest absolute Gasteiger partial charge is 0.504 e. The Hall–Kier alpha value is -2.24. The third kappa shape index (κ3) is 3.63. The molecule has 0 spiro atoms. The number of phenols is 1. The molecule has 1 fully saturated rings. The molecule has 2 rings (SSSR count). The third-order valence-electron chi connectivity index (χ3n) is 4.42. The van der Waals surface area contributed by atoms with Gasteiger partial charge in [0, 0.05) is 12.1 Å². The Morgan fingerprint density at radius 3 is 2.58 bits per heavy atom. The highest BCUT2D eigenvalue weighted by Gasteiger charge is 2.39. The number of rotatable bonds is 7. The Balaban J connectivity index is 2.24. The van der Waals surface area contributed by atoms with Crippen molar-refractivity contribution in [1.82, 2.24) is 4.90 Å². The second-order valence-electron chi connectivity index (χ2n) is 5.97. The van der Waals surface area contributed by atoms with Crippen LogP contribution in [0.2, 0.25) is 0 Å². The Labute approximate surface area is 142 Å². The smallest absolute Gasteiger partial charge is 0.328 e. The minimum absolute atomic E-state index is 0.0817. The van der Waals surface area contributed by atoms with Gasteiger partial charge in [0.2, 0.25) is 0 Å². The molecule has 132 valence electrons. The molecule has 0 aromatic heterocycles. The summed E-state index contributed by atoms with van der Waals surface area (Å²) in [6, 6.07) is 2.70. The van der Waals surface area contributed by atoms with E-state index in [1.54, 1.807) is 6.07 Å². The number of ether oxygens (including phenoxy) is 2. The molecule has 1 saturated heterocycles. The van der Waals surface area contributed by atoms with Gasteiger partial charge in [-0.15, -0.1) is 0 Å². The highest BCUT2D eigenvalue weighted by atomic mass is 16.5. The highest BCUT2D eigenvalue weighted by Crippen LogP contribution is 2.34. The lowest BCUT2D eigenvalue weighted by molar-refractivity contribution is -0.149. The molecular formula is C18H25NO5. The summed E-state index contributed by atoms with van der Waals surface area (Å²) >= 11 is 0. The Morgan fingerprint density at radius 1 is 1.29 bits per heavy atom. The first kappa shape index (κ1) is 18.1. The van der Waals surface area contributed by atoms with Crippen LogP contribution in [0.4, 0.5) is 0 Å². The van der Waals surface area contributed by atoms with Crippen LogP contribution < -0.4 is 4.74 Å². The summed E-state index contributed by atoms with van der Waals surface area (Å²) in [4.78, 5) is 25.9. The third-order valence-corrected chi connectivity index (χ3v) is 4.42. The number of aromatic hydroxyl groups is 1. The van der Waals surface area contributed by atoms with Crippen molar-refractivity contribution < 1.29 is 24.2 Å². The van der Waals surface area contributed by atoms with Crippen molar-refractivity contribution in [2.75, 3.05) is 20.8 Å². The average molecular weight is 335 g/mol. The number of hydrogen-bond donors (Lipinski definition) is 1. The number of likely N-dealkylation sites (tertiary alicyclic amines) is 1. The molecule has 24 heavy (non-hydrogen) atoms. The zero-order valence-electron chi connectivity index (χ0n) is 14.5. The number of hydrogen-bond acceptors (Lipinski definition) is 5. The molecule has 0 bridgehead atoms. The Kier molecular flexibility index (Phi) is 6.06. The molecule has 1 aromatic carbocycles. The molecule has 0 aliphatic carbocycles. The zero-order valence-corrected chi connectivity index (χ0v) is 14.5. The number of carbonyl (C=O) groups excluding carboxylic acids is 2. The number of esters is 1. The SMILES string of the molecule is CCCCCc1cc(C(=O)N2CCC2C(=O)OC)cc(OC)c1O. The molecule has 1 amide bonds. The Morgan fingerprint density at radius 2 is 2.04 bits per heavy atom. The minimum atomic E-state index is -0.522. The van der Waals surface area contributed by atoms with Gasteiger partial charge in [0.05, 0.1) is 14.2 Å². The number of amides is 1. The van der Waals surface area contributed by atoms with Crippen LogP contribution in [0.15, 0.2) is 12.1 Å². The quantitative estimate of drug-likeness (QED) is 0.612. The van der Waals surface area contributed by atoms with Crippen LogP contribution >= 0.6 is 0 Å². The Bertz CT molecular complexity index is 614. The van der Waals surface area contributed by atoms with E-state index < -0.39 is 12.0 Å². The van der Waals surface area contributed by atoms with Gasteiger partial charge in [-0.1, -0.05) is 19.8 Å². The maximum atomic E-state index is 12.7. The van der Waals surface area contributed by atoms with Gasteiger partial charge in [-0.2, -0.15) is 0 Å². The number of benzene rings is 1. The molecule has 1 unspecified atom stereocenters. The lowest BCUT2D eigenvalue weighted by Gasteiger charge is -2.38. The second kappa shape index (κ2) is 8.04. The standard InChI is InChI=1S/C18H25NO5/c1-4-5-6-7-12-10-13(11-15(23-2)16(12)20)17(21)19-9-8-14(19)18(22)24-3/h10-11,14,20H,4-9H2,1-3H3. The van der Waals surface area contributed by atoms with Gasteiger partial charge < -0.3 is 19.5 Å². The van der Waals surface area contributed by atoms with E-state index in [1.165, 1.54) is 25.2 Å². The monoisotopic (exact) mass is 335 g/mol. The van der Waals surface area contributed by atoms with E-state index in [0.29, 0.717) is 30.5 Å². The van der Waals surface area contributed by atoms with Crippen molar-refractivity contribution in [1.29, 1.82) is 0 Å².